The van der Waals surface area contributed by atoms with Crippen molar-refractivity contribution in [1.82, 2.24) is 9.55 Å². The van der Waals surface area contributed by atoms with Gasteiger partial charge in [-0.1, -0.05) is 17.7 Å². The van der Waals surface area contributed by atoms with E-state index in [2.05, 4.69) is 15.6 Å². The number of hydrogen-bond acceptors (Lipinski definition) is 5. The number of nitrogens with zero attached hydrogens (tertiary/aromatic N) is 2. The van der Waals surface area contributed by atoms with Crippen LogP contribution < -0.4 is 20.9 Å². The van der Waals surface area contributed by atoms with E-state index in [0.29, 0.717) is 27.8 Å². The Hall–Kier alpha value is -3.39. The zero-order chi connectivity index (χ0) is 21.0. The Morgan fingerprint density at radius 3 is 2.76 bits per heavy atom. The Morgan fingerprint density at radius 1 is 1.24 bits per heavy atom. The number of hydrogen-bond donors (Lipinski definition) is 2. The van der Waals surface area contributed by atoms with E-state index in [9.17, 15) is 14.0 Å². The minimum atomic E-state index is -0.486. The fourth-order valence-corrected chi connectivity index (χ4v) is 2.85. The molecule has 0 saturated heterocycles. The maximum Gasteiger partial charge on any atom is 0.255 e. The van der Waals surface area contributed by atoms with Crippen LogP contribution in [0.1, 0.15) is 5.69 Å². The van der Waals surface area contributed by atoms with Gasteiger partial charge in [-0.25, -0.2) is 9.37 Å². The molecule has 3 aromatic rings. The summed E-state index contributed by atoms with van der Waals surface area (Å²) in [4.78, 5) is 29.3. The molecule has 2 N–H and O–H groups in total. The minimum absolute atomic E-state index is 0.119. The van der Waals surface area contributed by atoms with Crippen LogP contribution in [0.15, 0.2) is 53.3 Å². The number of halogens is 2. The van der Waals surface area contributed by atoms with Crippen LogP contribution in [0.3, 0.4) is 0 Å². The first-order valence-electron chi connectivity index (χ1n) is 8.60. The number of carbonyl (C=O) groups excluding carboxylic acids is 1. The highest BCUT2D eigenvalue weighted by atomic mass is 35.5. The van der Waals surface area contributed by atoms with Gasteiger partial charge in [-0.3, -0.25) is 14.2 Å². The van der Waals surface area contributed by atoms with Crippen molar-refractivity contribution in [3.63, 3.8) is 0 Å². The topological polar surface area (TPSA) is 85.2 Å². The highest BCUT2D eigenvalue weighted by Gasteiger charge is 2.14. The monoisotopic (exact) mass is 416 g/mol. The highest BCUT2D eigenvalue weighted by Crippen LogP contribution is 2.27. The Bertz CT molecular complexity index is 1120. The molecule has 29 heavy (non-hydrogen) atoms. The Kier molecular flexibility index (Phi) is 6.13. The van der Waals surface area contributed by atoms with Crippen molar-refractivity contribution in [2.45, 2.75) is 13.5 Å². The number of aromatic nitrogens is 2. The van der Waals surface area contributed by atoms with Crippen molar-refractivity contribution in [1.29, 1.82) is 0 Å². The van der Waals surface area contributed by atoms with E-state index in [4.69, 9.17) is 16.3 Å². The van der Waals surface area contributed by atoms with Crippen molar-refractivity contribution in [3.05, 3.63) is 75.4 Å². The molecule has 3 rings (SSSR count). The molecule has 0 aliphatic rings. The number of anilines is 3. The molecule has 1 amide bonds. The Morgan fingerprint density at radius 2 is 2.03 bits per heavy atom. The second-order valence-corrected chi connectivity index (χ2v) is 6.61. The molecule has 1 heterocycles. The number of ether oxygens (including phenoxy) is 1. The number of benzene rings is 2. The van der Waals surface area contributed by atoms with Gasteiger partial charge in [-0.2, -0.15) is 0 Å². The van der Waals surface area contributed by atoms with Crippen LogP contribution >= 0.6 is 11.6 Å². The van der Waals surface area contributed by atoms with Crippen molar-refractivity contribution in [3.8, 4) is 5.75 Å². The summed E-state index contributed by atoms with van der Waals surface area (Å²) in [6.07, 6.45) is 0. The van der Waals surface area contributed by atoms with Crippen LogP contribution in [-0.4, -0.2) is 22.6 Å². The summed E-state index contributed by atoms with van der Waals surface area (Å²) in [6.45, 7) is 1.33. The van der Waals surface area contributed by atoms with Crippen molar-refractivity contribution < 1.29 is 13.9 Å². The molecule has 0 aliphatic carbocycles. The number of amides is 1. The number of aryl methyl sites for hydroxylation is 1. The average Bonchev–Trinajstić information content (AvgIpc) is 2.65. The smallest absolute Gasteiger partial charge is 0.255 e. The molecule has 0 saturated carbocycles. The molecule has 9 heteroatoms. The molecule has 0 spiro atoms. The first-order valence-corrected chi connectivity index (χ1v) is 8.98. The lowest BCUT2D eigenvalue weighted by atomic mass is 10.3. The molecule has 2 aromatic carbocycles. The summed E-state index contributed by atoms with van der Waals surface area (Å²) in [5, 5.41) is 5.97. The average molecular weight is 417 g/mol. The van der Waals surface area contributed by atoms with E-state index >= 15 is 0 Å². The molecule has 0 fully saturated rings. The number of rotatable bonds is 6. The van der Waals surface area contributed by atoms with E-state index in [1.165, 1.54) is 31.4 Å². The summed E-state index contributed by atoms with van der Waals surface area (Å²) >= 11 is 5.98. The van der Waals surface area contributed by atoms with Gasteiger partial charge in [0.15, 0.2) is 0 Å². The van der Waals surface area contributed by atoms with E-state index in [-0.39, 0.29) is 12.5 Å². The van der Waals surface area contributed by atoms with E-state index < -0.39 is 17.3 Å². The van der Waals surface area contributed by atoms with Crippen LogP contribution in [0, 0.1) is 12.7 Å². The predicted molar refractivity (Wildman–Crippen MR) is 110 cm³/mol. The van der Waals surface area contributed by atoms with Gasteiger partial charge in [0.25, 0.3) is 5.56 Å². The fraction of sp³-hybridized carbons (Fsp3) is 0.150. The molecule has 0 unspecified atom stereocenters. The van der Waals surface area contributed by atoms with Gasteiger partial charge in [-0.05, 0) is 43.3 Å². The van der Waals surface area contributed by atoms with E-state index in [0.717, 1.165) is 4.57 Å². The van der Waals surface area contributed by atoms with Gasteiger partial charge in [0, 0.05) is 22.5 Å². The fourth-order valence-electron chi connectivity index (χ4n) is 2.68. The first kappa shape index (κ1) is 20.3. The molecular weight excluding hydrogens is 399 g/mol. The zero-order valence-electron chi connectivity index (χ0n) is 15.7. The van der Waals surface area contributed by atoms with Gasteiger partial charge >= 0.3 is 0 Å². The summed E-state index contributed by atoms with van der Waals surface area (Å²) in [7, 11) is 1.47. The molecule has 150 valence electrons. The lowest BCUT2D eigenvalue weighted by Gasteiger charge is -2.15. The summed E-state index contributed by atoms with van der Waals surface area (Å²) in [5.74, 6) is -0.382. The molecule has 0 atom stereocenters. The van der Waals surface area contributed by atoms with Crippen LogP contribution in [0.25, 0.3) is 0 Å². The Balaban J connectivity index is 1.88. The summed E-state index contributed by atoms with van der Waals surface area (Å²) < 4.78 is 19.8. The number of nitrogens with one attached hydrogen (secondary N) is 2. The van der Waals surface area contributed by atoms with Gasteiger partial charge in [0.2, 0.25) is 11.9 Å². The first-order chi connectivity index (χ1) is 13.9. The summed E-state index contributed by atoms with van der Waals surface area (Å²) in [5.41, 5.74) is 0.803. The van der Waals surface area contributed by atoms with Crippen molar-refractivity contribution in [2.75, 3.05) is 17.7 Å². The SMILES string of the molecule is COc1ccc(Cl)cc1NC(=O)Cn1c(Nc2cccc(F)c2)nc(C)cc1=O. The van der Waals surface area contributed by atoms with E-state index in [1.54, 1.807) is 31.2 Å². The normalized spacial score (nSPS) is 10.5. The Labute approximate surface area is 171 Å². The molecule has 0 bridgehead atoms. The van der Waals surface area contributed by atoms with E-state index in [1.807, 2.05) is 0 Å². The van der Waals surface area contributed by atoms with Gasteiger partial charge in [0.05, 0.1) is 12.8 Å². The second kappa shape index (κ2) is 8.74. The second-order valence-electron chi connectivity index (χ2n) is 6.17. The summed E-state index contributed by atoms with van der Waals surface area (Å²) in [6, 6.07) is 11.8. The molecule has 0 aliphatic heterocycles. The third-order valence-electron chi connectivity index (χ3n) is 3.95. The number of methoxy groups -OCH3 is 1. The maximum absolute atomic E-state index is 13.5. The third-order valence-corrected chi connectivity index (χ3v) is 4.19. The van der Waals surface area contributed by atoms with Gasteiger partial charge in [-0.15, -0.1) is 0 Å². The van der Waals surface area contributed by atoms with Crippen LogP contribution in [-0.2, 0) is 11.3 Å². The van der Waals surface area contributed by atoms with Crippen LogP contribution in [0.5, 0.6) is 5.75 Å². The maximum atomic E-state index is 13.5. The lowest BCUT2D eigenvalue weighted by molar-refractivity contribution is -0.116. The van der Waals surface area contributed by atoms with Crippen LogP contribution in [0.4, 0.5) is 21.7 Å². The minimum Gasteiger partial charge on any atom is -0.495 e. The van der Waals surface area contributed by atoms with Crippen molar-refractivity contribution in [2.24, 2.45) is 0 Å². The lowest BCUT2D eigenvalue weighted by Crippen LogP contribution is -2.30. The zero-order valence-corrected chi connectivity index (χ0v) is 16.5. The quantitative estimate of drug-likeness (QED) is 0.639. The van der Waals surface area contributed by atoms with Crippen LogP contribution in [0.2, 0.25) is 5.02 Å². The third kappa shape index (κ3) is 5.11. The predicted octanol–water partition coefficient (Wildman–Crippen LogP) is 3.74. The standard InChI is InChI=1S/C20H18ClFN4O3/c1-12-8-19(28)26(20(23-12)24-15-5-3-4-14(22)10-15)11-18(27)25-16-9-13(21)6-7-17(16)29-2/h3-10H,11H2,1-2H3,(H,23,24)(H,25,27). The number of carbonyl (C=O) groups is 1. The highest BCUT2D eigenvalue weighted by molar-refractivity contribution is 6.31. The molecular formula is C20H18ClFN4O3. The largest absolute Gasteiger partial charge is 0.495 e. The van der Waals surface area contributed by atoms with Crippen molar-refractivity contribution >= 4 is 34.8 Å². The van der Waals surface area contributed by atoms with Gasteiger partial charge in [0.1, 0.15) is 18.1 Å². The molecule has 1 aromatic heterocycles. The molecule has 0 radical (unpaired) electrons. The molecule has 7 nitrogen and oxygen atoms in total. The van der Waals surface area contributed by atoms with Gasteiger partial charge < -0.3 is 15.4 Å².